The predicted molar refractivity (Wildman–Crippen MR) is 114 cm³/mol. The van der Waals surface area contributed by atoms with Gasteiger partial charge in [-0.05, 0) is 43.2 Å². The van der Waals surface area contributed by atoms with Crippen LogP contribution < -0.4 is 0 Å². The average Bonchev–Trinajstić information content (AvgIpc) is 2.73. The third-order valence-corrected chi connectivity index (χ3v) is 7.29. The molecule has 0 N–H and O–H groups in total. The van der Waals surface area contributed by atoms with Crippen LogP contribution in [0.1, 0.15) is 22.8 Å². The normalized spacial score (nSPS) is 18.2. The fourth-order valence-corrected chi connectivity index (χ4v) is 4.49. The molecule has 2 aromatic rings. The lowest BCUT2D eigenvalue weighted by atomic mass is 10.1. The van der Waals surface area contributed by atoms with E-state index >= 15 is 0 Å². The maximum Gasteiger partial charge on any atom is 0.253 e. The number of carbonyl (C=O) groups excluding carboxylic acids is 1. The molecule has 2 aromatic carbocycles. The summed E-state index contributed by atoms with van der Waals surface area (Å²) in [6, 6.07) is 16.9. The Morgan fingerprint density at radius 3 is 2.28 bits per heavy atom. The van der Waals surface area contributed by atoms with Crippen LogP contribution in [-0.2, 0) is 16.4 Å². The molecule has 6 nitrogen and oxygen atoms in total. The van der Waals surface area contributed by atoms with Gasteiger partial charge in [-0.2, -0.15) is 0 Å². The van der Waals surface area contributed by atoms with Crippen LogP contribution >= 0.6 is 0 Å². The highest BCUT2D eigenvalue weighted by Gasteiger charge is 2.27. The SMILES string of the molecule is CC1CN(C(=O)c2ccc(S(=O)(=O)N(C)C)cc2)CCN1CCc1ccccc1. The fraction of sp³-hybridized carbons (Fsp3) is 0.409. The molecule has 1 aliphatic rings. The van der Waals surface area contributed by atoms with Gasteiger partial charge in [0.05, 0.1) is 4.90 Å². The molecule has 1 atom stereocenters. The average molecular weight is 416 g/mol. The number of hydrogen-bond donors (Lipinski definition) is 0. The Balaban J connectivity index is 1.59. The van der Waals surface area contributed by atoms with Gasteiger partial charge in [0.15, 0.2) is 0 Å². The van der Waals surface area contributed by atoms with Gasteiger partial charge in [-0.1, -0.05) is 30.3 Å². The van der Waals surface area contributed by atoms with Crippen molar-refractivity contribution >= 4 is 15.9 Å². The van der Waals surface area contributed by atoms with Gasteiger partial charge >= 0.3 is 0 Å². The van der Waals surface area contributed by atoms with E-state index in [1.165, 1.54) is 36.1 Å². The molecule has 29 heavy (non-hydrogen) atoms. The molecular formula is C22H29N3O3S. The maximum absolute atomic E-state index is 12.9. The number of benzene rings is 2. The lowest BCUT2D eigenvalue weighted by Gasteiger charge is -2.40. The molecule has 0 aliphatic carbocycles. The van der Waals surface area contributed by atoms with Gasteiger partial charge < -0.3 is 4.90 Å². The van der Waals surface area contributed by atoms with Crippen molar-refractivity contribution in [1.82, 2.24) is 14.1 Å². The van der Waals surface area contributed by atoms with Crippen molar-refractivity contribution in [1.29, 1.82) is 0 Å². The second-order valence-electron chi connectivity index (χ2n) is 7.68. The molecule has 1 aliphatic heterocycles. The van der Waals surface area contributed by atoms with Gasteiger partial charge in [-0.15, -0.1) is 0 Å². The summed E-state index contributed by atoms with van der Waals surface area (Å²) in [5.74, 6) is -0.0478. The molecule has 1 unspecified atom stereocenters. The Hall–Kier alpha value is -2.22. The lowest BCUT2D eigenvalue weighted by Crippen LogP contribution is -2.54. The van der Waals surface area contributed by atoms with Crippen molar-refractivity contribution in [2.24, 2.45) is 0 Å². The van der Waals surface area contributed by atoms with Crippen LogP contribution in [-0.4, -0.2) is 74.7 Å². The topological polar surface area (TPSA) is 60.9 Å². The summed E-state index contributed by atoms with van der Waals surface area (Å²) in [5, 5.41) is 0. The molecule has 1 heterocycles. The van der Waals surface area contributed by atoms with Crippen LogP contribution in [0.4, 0.5) is 0 Å². The number of sulfonamides is 1. The highest BCUT2D eigenvalue weighted by Crippen LogP contribution is 2.17. The second kappa shape index (κ2) is 9.07. The van der Waals surface area contributed by atoms with Crippen LogP contribution in [0.3, 0.4) is 0 Å². The number of carbonyl (C=O) groups is 1. The van der Waals surface area contributed by atoms with Gasteiger partial charge in [-0.25, -0.2) is 12.7 Å². The quantitative estimate of drug-likeness (QED) is 0.727. The third-order valence-electron chi connectivity index (χ3n) is 5.46. The fourth-order valence-electron chi connectivity index (χ4n) is 3.59. The number of piperazine rings is 1. The van der Waals surface area contributed by atoms with Crippen LogP contribution in [0, 0.1) is 0 Å². The molecule has 0 saturated carbocycles. The highest BCUT2D eigenvalue weighted by atomic mass is 32.2. The minimum Gasteiger partial charge on any atom is -0.336 e. The van der Waals surface area contributed by atoms with Gasteiger partial charge in [0.2, 0.25) is 10.0 Å². The van der Waals surface area contributed by atoms with E-state index < -0.39 is 10.0 Å². The van der Waals surface area contributed by atoms with Crippen molar-refractivity contribution < 1.29 is 13.2 Å². The van der Waals surface area contributed by atoms with Gasteiger partial charge in [-0.3, -0.25) is 9.69 Å². The highest BCUT2D eigenvalue weighted by molar-refractivity contribution is 7.89. The molecule has 0 radical (unpaired) electrons. The molecule has 7 heteroatoms. The molecule has 0 aromatic heterocycles. The van der Waals surface area contributed by atoms with E-state index in [0.717, 1.165) is 19.5 Å². The smallest absolute Gasteiger partial charge is 0.253 e. The van der Waals surface area contributed by atoms with Crippen molar-refractivity contribution in [2.45, 2.75) is 24.3 Å². The standard InChI is InChI=1S/C22H29N3O3S/c1-18-17-25(16-15-24(18)14-13-19-7-5-4-6-8-19)22(26)20-9-11-21(12-10-20)29(27,28)23(2)3/h4-12,18H,13-17H2,1-3H3. The zero-order valence-corrected chi connectivity index (χ0v) is 18.1. The Morgan fingerprint density at radius 2 is 1.69 bits per heavy atom. The Bertz CT molecular complexity index is 928. The molecule has 1 amide bonds. The molecule has 3 rings (SSSR count). The number of rotatable bonds is 6. The van der Waals surface area contributed by atoms with Crippen molar-refractivity contribution in [3.63, 3.8) is 0 Å². The lowest BCUT2D eigenvalue weighted by molar-refractivity contribution is 0.0518. The first-order chi connectivity index (χ1) is 13.8. The molecule has 1 fully saturated rings. The Labute approximate surface area is 173 Å². The van der Waals surface area contributed by atoms with E-state index in [9.17, 15) is 13.2 Å². The number of amides is 1. The summed E-state index contributed by atoms with van der Waals surface area (Å²) in [4.78, 5) is 17.3. The summed E-state index contributed by atoms with van der Waals surface area (Å²) >= 11 is 0. The monoisotopic (exact) mass is 415 g/mol. The van der Waals surface area contributed by atoms with Crippen LogP contribution in [0.5, 0.6) is 0 Å². The predicted octanol–water partition coefficient (Wildman–Crippen LogP) is 2.33. The molecule has 156 valence electrons. The second-order valence-corrected chi connectivity index (χ2v) is 9.84. The third kappa shape index (κ3) is 5.04. The van der Waals surface area contributed by atoms with Crippen molar-refractivity contribution in [2.75, 3.05) is 40.3 Å². The van der Waals surface area contributed by atoms with Gasteiger partial charge in [0.25, 0.3) is 5.91 Å². The largest absolute Gasteiger partial charge is 0.336 e. The van der Waals surface area contributed by atoms with Gasteiger partial charge in [0, 0.05) is 51.9 Å². The zero-order valence-electron chi connectivity index (χ0n) is 17.3. The summed E-state index contributed by atoms with van der Waals surface area (Å²) in [7, 11) is -0.502. The molecule has 1 saturated heterocycles. The summed E-state index contributed by atoms with van der Waals surface area (Å²) in [5.41, 5.74) is 1.85. The van der Waals surface area contributed by atoms with E-state index in [4.69, 9.17) is 0 Å². The van der Waals surface area contributed by atoms with Crippen molar-refractivity contribution in [3.8, 4) is 0 Å². The summed E-state index contributed by atoms with van der Waals surface area (Å²) in [6.07, 6.45) is 1.00. The van der Waals surface area contributed by atoms with E-state index in [2.05, 4.69) is 36.1 Å². The number of hydrogen-bond acceptors (Lipinski definition) is 4. The first kappa shape index (κ1) is 21.5. The summed E-state index contributed by atoms with van der Waals surface area (Å²) in [6.45, 7) is 5.31. The van der Waals surface area contributed by atoms with Gasteiger partial charge in [0.1, 0.15) is 0 Å². The zero-order chi connectivity index (χ0) is 21.0. The number of nitrogens with zero attached hydrogens (tertiary/aromatic N) is 3. The Morgan fingerprint density at radius 1 is 1.03 bits per heavy atom. The van der Waals surface area contributed by atoms with Crippen LogP contribution in [0.25, 0.3) is 0 Å². The molecule has 0 spiro atoms. The first-order valence-corrected chi connectivity index (χ1v) is 11.3. The van der Waals surface area contributed by atoms with Crippen LogP contribution in [0.15, 0.2) is 59.5 Å². The van der Waals surface area contributed by atoms with Crippen molar-refractivity contribution in [3.05, 3.63) is 65.7 Å². The van der Waals surface area contributed by atoms with E-state index in [1.54, 1.807) is 12.1 Å². The molecule has 0 bridgehead atoms. The minimum atomic E-state index is -3.49. The first-order valence-electron chi connectivity index (χ1n) is 9.89. The maximum atomic E-state index is 12.9. The minimum absolute atomic E-state index is 0.0478. The van der Waals surface area contributed by atoms with E-state index in [1.807, 2.05) is 11.0 Å². The molecular weight excluding hydrogens is 386 g/mol. The van der Waals surface area contributed by atoms with E-state index in [0.29, 0.717) is 18.7 Å². The summed E-state index contributed by atoms with van der Waals surface area (Å²) < 4.78 is 25.5. The van der Waals surface area contributed by atoms with E-state index in [-0.39, 0.29) is 16.8 Å². The Kier molecular flexibility index (Phi) is 6.72. The van der Waals surface area contributed by atoms with Crippen LogP contribution in [0.2, 0.25) is 0 Å².